The molecule has 0 aliphatic carbocycles. The number of epoxide rings is 1. The van der Waals surface area contributed by atoms with Crippen LogP contribution in [-0.2, 0) is 28.2 Å². The van der Waals surface area contributed by atoms with Gasteiger partial charge >= 0.3 is 0 Å². The summed E-state index contributed by atoms with van der Waals surface area (Å²) < 4.78 is 57.2. The zero-order chi connectivity index (χ0) is 34.8. The van der Waals surface area contributed by atoms with Crippen molar-refractivity contribution in [2.24, 2.45) is 0 Å². The molecule has 2 fully saturated rings. The molecule has 0 aromatic heterocycles. The van der Waals surface area contributed by atoms with Crippen molar-refractivity contribution in [2.45, 2.75) is 125 Å². The van der Waals surface area contributed by atoms with Crippen LogP contribution in [0.25, 0.3) is 0 Å². The first-order valence-corrected chi connectivity index (χ1v) is 23.7. The zero-order valence-corrected chi connectivity index (χ0v) is 33.1. The smallest absolute Gasteiger partial charge is 0.261 e. The molecule has 0 radical (unpaired) electrons. The van der Waals surface area contributed by atoms with Crippen LogP contribution < -0.4 is 10.4 Å². The molecule has 0 spiro atoms. The molecule has 0 amide bonds. The minimum Gasteiger partial charge on any atom is -0.411 e. The minimum absolute atomic E-state index is 0.126. The normalized spacial score (nSPS) is 25.2. The Morgan fingerprint density at radius 3 is 1.90 bits per heavy atom. The highest BCUT2D eigenvalue weighted by molar-refractivity contribution is 7.93. The summed E-state index contributed by atoms with van der Waals surface area (Å²) in [5.41, 5.74) is -0.106. The lowest BCUT2D eigenvalue weighted by Gasteiger charge is -2.43. The third-order valence-corrected chi connectivity index (χ3v) is 23.2. The first-order valence-electron chi connectivity index (χ1n) is 17.8. The SMILES string of the molecule is CC[Si](CC)(CC)O[C@H]1CCCO[C@@H]1C[C@@]1(S(=O)(=O)c2ccc(C)cc2)O[C@]1(C)CO[Si](c1ccccc1)(c1ccccc1)C(C)(C)C. The lowest BCUT2D eigenvalue weighted by atomic mass is 9.96. The quantitative estimate of drug-likeness (QED) is 0.126. The van der Waals surface area contributed by atoms with Gasteiger partial charge in [-0.05, 0) is 72.4 Å². The molecule has 5 rings (SSSR count). The van der Waals surface area contributed by atoms with E-state index < -0.39 is 43.1 Å². The molecule has 6 nitrogen and oxygen atoms in total. The van der Waals surface area contributed by atoms with Crippen LogP contribution in [0.4, 0.5) is 0 Å². The van der Waals surface area contributed by atoms with Crippen LogP contribution in [0.15, 0.2) is 89.8 Å². The summed E-state index contributed by atoms with van der Waals surface area (Å²) in [6.45, 7) is 18.0. The van der Waals surface area contributed by atoms with Crippen LogP contribution >= 0.6 is 0 Å². The van der Waals surface area contributed by atoms with Crippen molar-refractivity contribution in [1.82, 2.24) is 0 Å². The van der Waals surface area contributed by atoms with Gasteiger partial charge in [-0.1, -0.05) is 120 Å². The van der Waals surface area contributed by atoms with Crippen molar-refractivity contribution in [2.75, 3.05) is 13.2 Å². The van der Waals surface area contributed by atoms with Gasteiger partial charge in [0.15, 0.2) is 8.32 Å². The van der Waals surface area contributed by atoms with Crippen molar-refractivity contribution < 1.29 is 26.7 Å². The maximum atomic E-state index is 14.9. The highest BCUT2D eigenvalue weighted by Gasteiger charge is 2.76. The summed E-state index contributed by atoms with van der Waals surface area (Å²) in [5.74, 6) is 0. The van der Waals surface area contributed by atoms with Crippen molar-refractivity contribution in [3.8, 4) is 0 Å². The van der Waals surface area contributed by atoms with Crippen molar-refractivity contribution in [3.63, 3.8) is 0 Å². The molecule has 9 heteroatoms. The molecule has 0 saturated carbocycles. The van der Waals surface area contributed by atoms with Gasteiger partial charge in [0.2, 0.25) is 14.8 Å². The summed E-state index contributed by atoms with van der Waals surface area (Å²) in [5, 5.41) is 2.02. The lowest BCUT2D eigenvalue weighted by molar-refractivity contribution is -0.0747. The average Bonchev–Trinajstić information content (AvgIpc) is 3.70. The molecular weight excluding hydrogens is 653 g/mol. The van der Waals surface area contributed by atoms with E-state index >= 15 is 0 Å². The largest absolute Gasteiger partial charge is 0.411 e. The van der Waals surface area contributed by atoms with Gasteiger partial charge in [0, 0.05) is 13.0 Å². The Balaban J connectivity index is 1.57. The van der Waals surface area contributed by atoms with Gasteiger partial charge in [-0.2, -0.15) is 0 Å². The number of aryl methyl sites for hydroxylation is 1. The molecule has 48 heavy (non-hydrogen) atoms. The van der Waals surface area contributed by atoms with Gasteiger partial charge in [0.25, 0.3) is 8.32 Å². The van der Waals surface area contributed by atoms with E-state index in [9.17, 15) is 8.42 Å². The summed E-state index contributed by atoms with van der Waals surface area (Å²) in [7, 11) is -8.92. The van der Waals surface area contributed by atoms with Crippen LogP contribution in [0.1, 0.15) is 73.3 Å². The summed E-state index contributed by atoms with van der Waals surface area (Å²) in [4.78, 5) is -1.27. The third-order valence-electron chi connectivity index (χ3n) is 11.1. The molecule has 262 valence electrons. The van der Waals surface area contributed by atoms with Crippen LogP contribution in [-0.4, -0.2) is 61.0 Å². The van der Waals surface area contributed by atoms with Gasteiger partial charge in [-0.25, -0.2) is 8.42 Å². The molecule has 4 atom stereocenters. The number of hydrogen-bond acceptors (Lipinski definition) is 6. The van der Waals surface area contributed by atoms with Gasteiger partial charge in [-0.15, -0.1) is 0 Å². The van der Waals surface area contributed by atoms with Gasteiger partial charge < -0.3 is 18.3 Å². The standard InChI is InChI=1S/C39H56O6SSi2/c1-9-47(10-2,11-3)44-35-23-18-28-42-36(35)29-39(46(40,41)32-26-24-31(4)25-27-32)38(8,45-39)30-43-48(37(5,6)7,33-19-14-12-15-20-33)34-21-16-13-17-22-34/h12-17,19-22,24-27,35-36H,9-11,18,23,28-30H2,1-8H3/t35-,36+,38+,39-/m0/s1. The maximum absolute atomic E-state index is 14.9. The topological polar surface area (TPSA) is 74.4 Å². The van der Waals surface area contributed by atoms with E-state index in [1.807, 2.05) is 38.1 Å². The Hall–Kier alpha value is -2.12. The molecule has 0 unspecified atom stereocenters. The molecule has 3 aromatic rings. The fourth-order valence-corrected chi connectivity index (χ4v) is 17.6. The number of hydrogen-bond donors (Lipinski definition) is 0. The zero-order valence-electron chi connectivity index (χ0n) is 30.3. The Labute approximate surface area is 291 Å². The maximum Gasteiger partial charge on any atom is 0.261 e. The summed E-state index contributed by atoms with van der Waals surface area (Å²) in [6.07, 6.45) is 1.38. The first-order chi connectivity index (χ1) is 22.7. The number of sulfone groups is 1. The van der Waals surface area contributed by atoms with E-state index in [2.05, 4.69) is 90.1 Å². The Bertz CT molecular complexity index is 1560. The van der Waals surface area contributed by atoms with Gasteiger partial charge in [0.1, 0.15) is 5.60 Å². The highest BCUT2D eigenvalue weighted by Crippen LogP contribution is 2.58. The number of ether oxygens (including phenoxy) is 2. The monoisotopic (exact) mass is 708 g/mol. The van der Waals surface area contributed by atoms with E-state index in [1.54, 1.807) is 12.1 Å². The van der Waals surface area contributed by atoms with Gasteiger partial charge in [0.05, 0.1) is 23.7 Å². The molecule has 2 aliphatic rings. The van der Waals surface area contributed by atoms with Crippen LogP contribution in [0.5, 0.6) is 0 Å². The van der Waals surface area contributed by atoms with E-state index in [-0.39, 0.29) is 29.1 Å². The van der Waals surface area contributed by atoms with E-state index in [4.69, 9.17) is 18.3 Å². The molecular formula is C39H56O6SSi2. The van der Waals surface area contributed by atoms with E-state index in [0.29, 0.717) is 6.61 Å². The molecule has 2 heterocycles. The Morgan fingerprint density at radius 2 is 1.40 bits per heavy atom. The van der Waals surface area contributed by atoms with Crippen LogP contribution in [0.3, 0.4) is 0 Å². The fourth-order valence-electron chi connectivity index (χ4n) is 7.82. The Kier molecular flexibility index (Phi) is 11.0. The van der Waals surface area contributed by atoms with E-state index in [0.717, 1.165) is 46.9 Å². The van der Waals surface area contributed by atoms with Gasteiger partial charge in [-0.3, -0.25) is 0 Å². The van der Waals surface area contributed by atoms with Crippen LogP contribution in [0, 0.1) is 6.92 Å². The molecule has 0 N–H and O–H groups in total. The second-order valence-corrected chi connectivity index (χ2v) is 26.2. The Morgan fingerprint density at radius 1 is 0.854 bits per heavy atom. The highest BCUT2D eigenvalue weighted by atomic mass is 32.2. The minimum atomic E-state index is -3.98. The molecule has 0 bridgehead atoms. The second kappa shape index (κ2) is 14.2. The second-order valence-electron chi connectivity index (χ2n) is 15.0. The number of rotatable bonds is 14. The summed E-state index contributed by atoms with van der Waals surface area (Å²) >= 11 is 0. The third kappa shape index (κ3) is 6.68. The summed E-state index contributed by atoms with van der Waals surface area (Å²) in [6, 6.07) is 31.1. The van der Waals surface area contributed by atoms with Crippen molar-refractivity contribution in [1.29, 1.82) is 0 Å². The number of benzene rings is 3. The fraction of sp³-hybridized carbons (Fsp3) is 0.538. The predicted octanol–water partition coefficient (Wildman–Crippen LogP) is 7.79. The van der Waals surface area contributed by atoms with Crippen molar-refractivity contribution in [3.05, 3.63) is 90.5 Å². The van der Waals surface area contributed by atoms with Crippen molar-refractivity contribution >= 4 is 36.8 Å². The average molecular weight is 709 g/mol. The molecule has 2 aliphatic heterocycles. The van der Waals surface area contributed by atoms with E-state index in [1.165, 1.54) is 0 Å². The van der Waals surface area contributed by atoms with Crippen LogP contribution in [0.2, 0.25) is 23.2 Å². The first kappa shape index (κ1) is 37.1. The lowest BCUT2D eigenvalue weighted by Crippen LogP contribution is -2.67. The predicted molar refractivity (Wildman–Crippen MR) is 200 cm³/mol. The molecule has 3 aromatic carbocycles. The molecule has 2 saturated heterocycles.